The number of esters is 1. The van der Waals surface area contributed by atoms with Crippen molar-refractivity contribution < 1.29 is 9.53 Å². The smallest absolute Gasteiger partial charge is 0.302 e. The molecule has 0 bridgehead atoms. The Morgan fingerprint density at radius 3 is 2.57 bits per heavy atom. The summed E-state index contributed by atoms with van der Waals surface area (Å²) in [7, 11) is 0. The van der Waals surface area contributed by atoms with E-state index >= 15 is 0 Å². The van der Waals surface area contributed by atoms with Gasteiger partial charge in [-0.05, 0) is 24.6 Å². The minimum atomic E-state index is -0.199. The van der Waals surface area contributed by atoms with E-state index in [1.165, 1.54) is 18.7 Å². The molecule has 0 aliphatic heterocycles. The first kappa shape index (κ1) is 13.3. The van der Waals surface area contributed by atoms with Crippen LogP contribution in [-0.2, 0) is 9.53 Å². The van der Waals surface area contributed by atoms with E-state index < -0.39 is 0 Å². The van der Waals surface area contributed by atoms with E-state index in [1.807, 2.05) is 0 Å². The summed E-state index contributed by atoms with van der Waals surface area (Å²) >= 11 is 1.32. The van der Waals surface area contributed by atoms with Gasteiger partial charge in [0, 0.05) is 12.7 Å². The van der Waals surface area contributed by atoms with Crippen molar-refractivity contribution in [2.24, 2.45) is 0 Å². The summed E-state index contributed by atoms with van der Waals surface area (Å²) in [5.74, 6) is 0.732. The molecule has 0 N–H and O–H groups in total. The van der Waals surface area contributed by atoms with Gasteiger partial charge >= 0.3 is 5.97 Å². The quantitative estimate of drug-likeness (QED) is 0.355. The van der Waals surface area contributed by atoms with Crippen LogP contribution in [0.15, 0.2) is 0 Å². The Labute approximate surface area is 89.8 Å². The van der Waals surface area contributed by atoms with Gasteiger partial charge in [0.1, 0.15) is 5.40 Å². The average Bonchev–Trinajstić information content (AvgIpc) is 2.15. The van der Waals surface area contributed by atoms with Gasteiger partial charge < -0.3 is 4.74 Å². The highest BCUT2D eigenvalue weighted by Gasteiger charge is 1.93. The highest BCUT2D eigenvalue weighted by Crippen LogP contribution is 2.07. The van der Waals surface area contributed by atoms with Gasteiger partial charge in [0.25, 0.3) is 0 Å². The number of rotatable bonds is 8. The molecule has 0 aromatic heterocycles. The number of hydrogen-bond donors (Lipinski definition) is 0. The fourth-order valence-corrected chi connectivity index (χ4v) is 1.51. The van der Waals surface area contributed by atoms with Gasteiger partial charge in [0.2, 0.25) is 0 Å². The van der Waals surface area contributed by atoms with Crippen LogP contribution in [0, 0.1) is 10.7 Å². The Kier molecular flexibility index (Phi) is 9.88. The lowest BCUT2D eigenvalue weighted by Crippen LogP contribution is -2.00. The second-order valence-electron chi connectivity index (χ2n) is 3.05. The largest absolute Gasteiger partial charge is 0.466 e. The Hall–Kier alpha value is -0.690. The van der Waals surface area contributed by atoms with E-state index in [-0.39, 0.29) is 5.97 Å². The average molecular weight is 215 g/mol. The van der Waals surface area contributed by atoms with Crippen LogP contribution in [0.4, 0.5) is 0 Å². The molecule has 0 aromatic carbocycles. The minimum Gasteiger partial charge on any atom is -0.466 e. The number of hydrogen-bond acceptors (Lipinski definition) is 4. The second kappa shape index (κ2) is 10.4. The van der Waals surface area contributed by atoms with Crippen LogP contribution in [0.2, 0.25) is 0 Å². The van der Waals surface area contributed by atoms with Crippen molar-refractivity contribution >= 4 is 17.7 Å². The number of carbonyl (C=O) groups is 1. The maximum atomic E-state index is 10.4. The first-order valence-electron chi connectivity index (χ1n) is 4.91. The summed E-state index contributed by atoms with van der Waals surface area (Å²) in [6.07, 6.45) is 5.48. The Morgan fingerprint density at radius 2 is 1.93 bits per heavy atom. The van der Waals surface area contributed by atoms with E-state index in [0.717, 1.165) is 37.9 Å². The molecule has 4 heteroatoms. The fourth-order valence-electron chi connectivity index (χ4n) is 1.07. The van der Waals surface area contributed by atoms with E-state index in [4.69, 9.17) is 10.00 Å². The highest BCUT2D eigenvalue weighted by atomic mass is 32.2. The van der Waals surface area contributed by atoms with Crippen LogP contribution in [-0.4, -0.2) is 18.3 Å². The normalized spacial score (nSPS) is 9.43. The molecule has 3 nitrogen and oxygen atoms in total. The van der Waals surface area contributed by atoms with Gasteiger partial charge in [0.05, 0.1) is 6.61 Å². The monoisotopic (exact) mass is 215 g/mol. The Bertz CT molecular complexity index is 189. The molecule has 0 aliphatic carbocycles. The molecule has 0 aromatic rings. The van der Waals surface area contributed by atoms with Crippen LogP contribution in [0.3, 0.4) is 0 Å². The van der Waals surface area contributed by atoms with Gasteiger partial charge in [-0.2, -0.15) is 5.26 Å². The molecule has 80 valence electrons. The van der Waals surface area contributed by atoms with E-state index in [2.05, 4.69) is 5.40 Å². The van der Waals surface area contributed by atoms with Crippen molar-refractivity contribution in [2.75, 3.05) is 12.4 Å². The van der Waals surface area contributed by atoms with Crippen LogP contribution in [0.1, 0.15) is 39.0 Å². The molecule has 0 atom stereocenters. The number of carbonyl (C=O) groups excluding carboxylic acids is 1. The third-order valence-corrected chi connectivity index (χ3v) is 2.38. The zero-order chi connectivity index (χ0) is 10.6. The topological polar surface area (TPSA) is 50.1 Å². The van der Waals surface area contributed by atoms with E-state index in [0.29, 0.717) is 6.61 Å². The predicted molar refractivity (Wildman–Crippen MR) is 57.8 cm³/mol. The molecule has 0 spiro atoms. The Morgan fingerprint density at radius 1 is 1.29 bits per heavy atom. The number of ether oxygens (including phenoxy) is 1. The van der Waals surface area contributed by atoms with Crippen molar-refractivity contribution in [3.05, 3.63) is 0 Å². The molecular weight excluding hydrogens is 198 g/mol. The summed E-state index contributed by atoms with van der Waals surface area (Å²) in [5, 5.41) is 10.3. The van der Waals surface area contributed by atoms with Crippen LogP contribution >= 0.6 is 11.8 Å². The lowest BCUT2D eigenvalue weighted by atomic mass is 10.2. The summed E-state index contributed by atoms with van der Waals surface area (Å²) < 4.78 is 4.80. The molecule has 0 unspecified atom stereocenters. The highest BCUT2D eigenvalue weighted by molar-refractivity contribution is 8.03. The van der Waals surface area contributed by atoms with E-state index in [9.17, 15) is 4.79 Å². The van der Waals surface area contributed by atoms with Crippen LogP contribution < -0.4 is 0 Å². The van der Waals surface area contributed by atoms with Crippen molar-refractivity contribution in [3.63, 3.8) is 0 Å². The summed E-state index contributed by atoms with van der Waals surface area (Å²) in [6, 6.07) is 0. The SMILES string of the molecule is CC(=O)OCCCCCCCSC#N. The van der Waals surface area contributed by atoms with Crippen molar-refractivity contribution in [1.29, 1.82) is 5.26 Å². The molecule has 0 heterocycles. The lowest BCUT2D eigenvalue weighted by Gasteiger charge is -2.01. The zero-order valence-corrected chi connectivity index (χ0v) is 9.44. The third kappa shape index (κ3) is 11.3. The molecule has 0 fully saturated rings. The maximum Gasteiger partial charge on any atom is 0.302 e. The summed E-state index contributed by atoms with van der Waals surface area (Å²) in [4.78, 5) is 10.4. The Balaban J connectivity index is 2.93. The fraction of sp³-hybridized carbons (Fsp3) is 0.800. The molecule has 0 rings (SSSR count). The first-order valence-corrected chi connectivity index (χ1v) is 5.90. The molecule has 0 radical (unpaired) electrons. The predicted octanol–water partition coefficient (Wildman–Crippen LogP) is 2.71. The first-order chi connectivity index (χ1) is 6.77. The molecule has 0 amide bonds. The van der Waals surface area contributed by atoms with Crippen LogP contribution in [0.5, 0.6) is 0 Å². The van der Waals surface area contributed by atoms with Crippen molar-refractivity contribution in [1.82, 2.24) is 0 Å². The number of thiocyanates is 1. The molecule has 0 saturated heterocycles. The number of unbranched alkanes of at least 4 members (excludes halogenated alkanes) is 4. The summed E-state index contributed by atoms with van der Waals surface area (Å²) in [6.45, 7) is 1.97. The lowest BCUT2D eigenvalue weighted by molar-refractivity contribution is -0.141. The minimum absolute atomic E-state index is 0.199. The molecule has 14 heavy (non-hydrogen) atoms. The van der Waals surface area contributed by atoms with Crippen molar-refractivity contribution in [3.8, 4) is 5.40 Å². The number of nitriles is 1. The number of nitrogens with zero attached hydrogens (tertiary/aromatic N) is 1. The molecular formula is C10H17NO2S. The van der Waals surface area contributed by atoms with Crippen molar-refractivity contribution in [2.45, 2.75) is 39.0 Å². The van der Waals surface area contributed by atoms with Gasteiger partial charge in [-0.3, -0.25) is 4.79 Å². The van der Waals surface area contributed by atoms with Crippen LogP contribution in [0.25, 0.3) is 0 Å². The molecule has 0 aliphatic rings. The van der Waals surface area contributed by atoms with Gasteiger partial charge in [-0.15, -0.1) is 0 Å². The second-order valence-corrected chi connectivity index (χ2v) is 3.93. The van der Waals surface area contributed by atoms with Gasteiger partial charge in [-0.1, -0.05) is 19.3 Å². The maximum absolute atomic E-state index is 10.4. The van der Waals surface area contributed by atoms with Gasteiger partial charge in [0.15, 0.2) is 0 Å². The third-order valence-electron chi connectivity index (χ3n) is 1.76. The van der Waals surface area contributed by atoms with E-state index in [1.54, 1.807) is 0 Å². The summed E-state index contributed by atoms with van der Waals surface area (Å²) in [5.41, 5.74) is 0. The number of thioether (sulfide) groups is 1. The van der Waals surface area contributed by atoms with Gasteiger partial charge in [-0.25, -0.2) is 0 Å². The standard InChI is InChI=1S/C10H17NO2S/c1-10(12)13-7-5-3-2-4-6-8-14-9-11/h2-8H2,1H3. The zero-order valence-electron chi connectivity index (χ0n) is 8.62. The molecule has 0 saturated carbocycles.